The molecule has 0 aromatic heterocycles. The number of carbonyl (C=O) groups excluding carboxylic acids is 1. The molecule has 0 amide bonds. The molecule has 0 saturated carbocycles. The maximum atomic E-state index is 11.0. The number of hydrogen-bond acceptors (Lipinski definition) is 4. The molecule has 1 rings (SSSR count). The van der Waals surface area contributed by atoms with Gasteiger partial charge in [-0.25, -0.2) is 4.79 Å². The zero-order valence-electron chi connectivity index (χ0n) is 7.06. The molecule has 0 radical (unpaired) electrons. The molecule has 3 atom stereocenters. The molecular formula is C8H12O4. The predicted octanol–water partition coefficient (Wildman–Crippen LogP) is 0.0689. The fourth-order valence-electron chi connectivity index (χ4n) is 1.08. The van der Waals surface area contributed by atoms with E-state index in [1.54, 1.807) is 6.92 Å². The Morgan fingerprint density at radius 2 is 2.33 bits per heavy atom. The van der Waals surface area contributed by atoms with Gasteiger partial charge in [0.15, 0.2) is 6.10 Å². The number of esters is 1. The van der Waals surface area contributed by atoms with Crippen molar-refractivity contribution in [2.75, 3.05) is 7.11 Å². The Hall–Kier alpha value is -1.03. The second-order valence-electron chi connectivity index (χ2n) is 2.76. The highest BCUT2D eigenvalue weighted by molar-refractivity contribution is 5.75. The summed E-state index contributed by atoms with van der Waals surface area (Å²) in [5.74, 6) is -0.714. The van der Waals surface area contributed by atoms with Crippen LogP contribution in [-0.4, -0.2) is 30.4 Å². The molecule has 1 heterocycles. The zero-order valence-corrected chi connectivity index (χ0v) is 7.06. The standard InChI is InChI=1S/C8H12O4/c1-5-6(9)3-4-12-7(5)8(10)11-2/h3-7,9H,1-2H3. The molecule has 12 heavy (non-hydrogen) atoms. The van der Waals surface area contributed by atoms with E-state index in [1.165, 1.54) is 19.4 Å². The summed E-state index contributed by atoms with van der Waals surface area (Å²) in [4.78, 5) is 11.0. The summed E-state index contributed by atoms with van der Waals surface area (Å²) in [5.41, 5.74) is 0. The number of aliphatic hydroxyl groups excluding tert-OH is 1. The minimum absolute atomic E-state index is 0.262. The van der Waals surface area contributed by atoms with Gasteiger partial charge in [0.05, 0.1) is 19.5 Å². The van der Waals surface area contributed by atoms with Gasteiger partial charge in [-0.05, 0) is 6.08 Å². The monoisotopic (exact) mass is 172 g/mol. The Kier molecular flexibility index (Phi) is 2.70. The van der Waals surface area contributed by atoms with Gasteiger partial charge in [0.25, 0.3) is 0 Å². The van der Waals surface area contributed by atoms with Gasteiger partial charge < -0.3 is 14.6 Å². The van der Waals surface area contributed by atoms with Crippen molar-refractivity contribution in [3.63, 3.8) is 0 Å². The van der Waals surface area contributed by atoms with Gasteiger partial charge in [0, 0.05) is 5.92 Å². The van der Waals surface area contributed by atoms with E-state index in [9.17, 15) is 9.90 Å². The van der Waals surface area contributed by atoms with Gasteiger partial charge in [0.1, 0.15) is 0 Å². The van der Waals surface area contributed by atoms with Gasteiger partial charge in [0.2, 0.25) is 0 Å². The Bertz CT molecular complexity index is 199. The van der Waals surface area contributed by atoms with Crippen LogP contribution in [0.15, 0.2) is 12.3 Å². The molecule has 1 N–H and O–H groups in total. The third-order valence-corrected chi connectivity index (χ3v) is 1.95. The first-order valence-corrected chi connectivity index (χ1v) is 3.75. The van der Waals surface area contributed by atoms with Crippen LogP contribution in [0, 0.1) is 5.92 Å². The second-order valence-corrected chi connectivity index (χ2v) is 2.76. The van der Waals surface area contributed by atoms with Crippen molar-refractivity contribution in [1.29, 1.82) is 0 Å². The number of rotatable bonds is 1. The van der Waals surface area contributed by atoms with E-state index in [-0.39, 0.29) is 5.92 Å². The van der Waals surface area contributed by atoms with E-state index >= 15 is 0 Å². The zero-order chi connectivity index (χ0) is 9.14. The molecule has 0 saturated heterocycles. The first-order chi connectivity index (χ1) is 5.66. The van der Waals surface area contributed by atoms with Crippen molar-refractivity contribution in [2.45, 2.75) is 19.1 Å². The van der Waals surface area contributed by atoms with E-state index in [2.05, 4.69) is 4.74 Å². The number of methoxy groups -OCH3 is 1. The SMILES string of the molecule is COC(=O)C1OC=CC(O)C1C. The molecule has 0 aromatic carbocycles. The summed E-state index contributed by atoms with van der Waals surface area (Å²) < 4.78 is 9.50. The van der Waals surface area contributed by atoms with Gasteiger partial charge >= 0.3 is 5.97 Å². The fraction of sp³-hybridized carbons (Fsp3) is 0.625. The topological polar surface area (TPSA) is 55.8 Å². The summed E-state index contributed by atoms with van der Waals surface area (Å²) in [7, 11) is 1.29. The highest BCUT2D eigenvalue weighted by Crippen LogP contribution is 2.19. The van der Waals surface area contributed by atoms with Crippen LogP contribution in [0.5, 0.6) is 0 Å². The lowest BCUT2D eigenvalue weighted by Crippen LogP contribution is -2.39. The van der Waals surface area contributed by atoms with Crippen molar-refractivity contribution in [3.8, 4) is 0 Å². The normalized spacial score (nSPS) is 34.1. The van der Waals surface area contributed by atoms with Crippen LogP contribution in [-0.2, 0) is 14.3 Å². The van der Waals surface area contributed by atoms with Crippen LogP contribution in [0.2, 0.25) is 0 Å². The molecule has 0 spiro atoms. The van der Waals surface area contributed by atoms with Crippen LogP contribution >= 0.6 is 0 Å². The summed E-state index contributed by atoms with van der Waals surface area (Å²) >= 11 is 0. The Balaban J connectivity index is 2.67. The van der Waals surface area contributed by atoms with Crippen LogP contribution < -0.4 is 0 Å². The first kappa shape index (κ1) is 9.06. The summed E-state index contributed by atoms with van der Waals surface area (Å²) in [6.45, 7) is 1.73. The van der Waals surface area contributed by atoms with E-state index < -0.39 is 18.2 Å². The Labute approximate surface area is 70.8 Å². The van der Waals surface area contributed by atoms with E-state index in [4.69, 9.17) is 4.74 Å². The third kappa shape index (κ3) is 1.58. The number of carbonyl (C=O) groups is 1. The lowest BCUT2D eigenvalue weighted by atomic mass is 9.96. The fourth-order valence-corrected chi connectivity index (χ4v) is 1.08. The largest absolute Gasteiger partial charge is 0.486 e. The molecular weight excluding hydrogens is 160 g/mol. The molecule has 1 aliphatic rings. The number of hydrogen-bond donors (Lipinski definition) is 1. The van der Waals surface area contributed by atoms with Crippen molar-refractivity contribution in [1.82, 2.24) is 0 Å². The smallest absolute Gasteiger partial charge is 0.347 e. The van der Waals surface area contributed by atoms with Gasteiger partial charge in [-0.15, -0.1) is 0 Å². The second kappa shape index (κ2) is 3.58. The average Bonchev–Trinajstić information content (AvgIpc) is 2.08. The molecule has 3 unspecified atom stereocenters. The van der Waals surface area contributed by atoms with Crippen molar-refractivity contribution < 1.29 is 19.4 Å². The Morgan fingerprint density at radius 3 is 2.92 bits per heavy atom. The van der Waals surface area contributed by atoms with Crippen molar-refractivity contribution in [3.05, 3.63) is 12.3 Å². The van der Waals surface area contributed by atoms with E-state index in [0.29, 0.717) is 0 Å². The van der Waals surface area contributed by atoms with Gasteiger partial charge in [-0.1, -0.05) is 6.92 Å². The minimum atomic E-state index is -0.685. The molecule has 0 aliphatic carbocycles. The van der Waals surface area contributed by atoms with Crippen LogP contribution in [0.25, 0.3) is 0 Å². The molecule has 68 valence electrons. The van der Waals surface area contributed by atoms with Crippen LogP contribution in [0.4, 0.5) is 0 Å². The Morgan fingerprint density at radius 1 is 1.67 bits per heavy atom. The van der Waals surface area contributed by atoms with Crippen LogP contribution in [0.1, 0.15) is 6.92 Å². The molecule has 0 aromatic rings. The summed E-state index contributed by atoms with van der Waals surface area (Å²) in [5, 5.41) is 9.32. The summed E-state index contributed by atoms with van der Waals surface area (Å²) in [6, 6.07) is 0. The average molecular weight is 172 g/mol. The minimum Gasteiger partial charge on any atom is -0.486 e. The highest BCUT2D eigenvalue weighted by Gasteiger charge is 2.33. The lowest BCUT2D eigenvalue weighted by molar-refractivity contribution is -0.156. The predicted molar refractivity (Wildman–Crippen MR) is 41.2 cm³/mol. The van der Waals surface area contributed by atoms with Crippen LogP contribution in [0.3, 0.4) is 0 Å². The van der Waals surface area contributed by atoms with E-state index in [1.807, 2.05) is 0 Å². The van der Waals surface area contributed by atoms with Gasteiger partial charge in [-0.3, -0.25) is 0 Å². The van der Waals surface area contributed by atoms with Crippen molar-refractivity contribution >= 4 is 5.97 Å². The maximum absolute atomic E-state index is 11.0. The summed E-state index contributed by atoms with van der Waals surface area (Å²) in [6.07, 6.45) is 1.51. The molecule has 4 nitrogen and oxygen atoms in total. The van der Waals surface area contributed by atoms with E-state index in [0.717, 1.165) is 0 Å². The highest BCUT2D eigenvalue weighted by atomic mass is 16.6. The number of aliphatic hydroxyl groups is 1. The first-order valence-electron chi connectivity index (χ1n) is 3.75. The quantitative estimate of drug-likeness (QED) is 0.568. The molecule has 0 fully saturated rings. The maximum Gasteiger partial charge on any atom is 0.347 e. The van der Waals surface area contributed by atoms with Gasteiger partial charge in [-0.2, -0.15) is 0 Å². The molecule has 1 aliphatic heterocycles. The number of ether oxygens (including phenoxy) is 2. The molecule has 4 heteroatoms. The third-order valence-electron chi connectivity index (χ3n) is 1.95. The lowest BCUT2D eigenvalue weighted by Gasteiger charge is -2.27. The van der Waals surface area contributed by atoms with Crippen molar-refractivity contribution in [2.24, 2.45) is 5.92 Å². The molecule has 0 bridgehead atoms.